The lowest BCUT2D eigenvalue weighted by Gasteiger charge is -2.29. The number of aromatic nitrogens is 2. The molecule has 0 unspecified atom stereocenters. The van der Waals surface area contributed by atoms with Crippen molar-refractivity contribution >= 4 is 33.6 Å². The van der Waals surface area contributed by atoms with Gasteiger partial charge in [-0.3, -0.25) is 4.79 Å². The van der Waals surface area contributed by atoms with Gasteiger partial charge in [-0.1, -0.05) is 24.3 Å². The van der Waals surface area contributed by atoms with Crippen LogP contribution in [0.2, 0.25) is 0 Å². The van der Waals surface area contributed by atoms with Crippen molar-refractivity contribution in [3.63, 3.8) is 0 Å². The van der Waals surface area contributed by atoms with Gasteiger partial charge in [0.2, 0.25) is 5.95 Å². The first-order chi connectivity index (χ1) is 16.6. The maximum atomic E-state index is 12.7. The largest absolute Gasteiger partial charge is 0.464 e. The van der Waals surface area contributed by atoms with E-state index in [1.54, 1.807) is 6.26 Å². The van der Waals surface area contributed by atoms with Crippen molar-refractivity contribution in [2.45, 2.75) is 38.3 Å². The van der Waals surface area contributed by atoms with Crippen LogP contribution >= 0.6 is 0 Å². The molecule has 0 saturated heterocycles. The zero-order valence-electron chi connectivity index (χ0n) is 19.8. The average Bonchev–Trinajstić information content (AvgIpc) is 2.86. The van der Waals surface area contributed by atoms with Crippen molar-refractivity contribution in [2.75, 3.05) is 30.9 Å². The zero-order chi connectivity index (χ0) is 23.5. The lowest BCUT2D eigenvalue weighted by atomic mass is 9.86. The Labute approximate surface area is 199 Å². The van der Waals surface area contributed by atoms with Gasteiger partial charge in [0.15, 0.2) is 5.43 Å². The number of hydrogen-bond acceptors (Lipinski definition) is 7. The van der Waals surface area contributed by atoms with Gasteiger partial charge in [-0.05, 0) is 62.4 Å². The maximum Gasteiger partial charge on any atom is 0.225 e. The van der Waals surface area contributed by atoms with Crippen LogP contribution in [0.25, 0.3) is 21.9 Å². The molecule has 1 aliphatic carbocycles. The van der Waals surface area contributed by atoms with E-state index in [4.69, 9.17) is 14.4 Å². The van der Waals surface area contributed by atoms with Crippen LogP contribution in [0.5, 0.6) is 0 Å². The highest BCUT2D eigenvalue weighted by atomic mass is 16.3. The maximum absolute atomic E-state index is 12.7. The average molecular weight is 458 g/mol. The molecule has 2 N–H and O–H groups in total. The summed E-state index contributed by atoms with van der Waals surface area (Å²) in [5.74, 6) is 2.23. The normalized spacial score (nSPS) is 18.3. The van der Waals surface area contributed by atoms with Crippen LogP contribution in [0.15, 0.2) is 64.0 Å². The fourth-order valence-electron chi connectivity index (χ4n) is 4.81. The predicted molar refractivity (Wildman–Crippen MR) is 137 cm³/mol. The van der Waals surface area contributed by atoms with E-state index in [-0.39, 0.29) is 5.43 Å². The number of para-hydroxylation sites is 2. The lowest BCUT2D eigenvalue weighted by molar-refractivity contribution is 0.323. The molecule has 0 radical (unpaired) electrons. The second-order valence-corrected chi connectivity index (χ2v) is 9.36. The van der Waals surface area contributed by atoms with E-state index >= 15 is 0 Å². The molecule has 1 saturated carbocycles. The molecule has 34 heavy (non-hydrogen) atoms. The van der Waals surface area contributed by atoms with Crippen molar-refractivity contribution in [1.82, 2.24) is 15.3 Å². The molecular formula is C27H31N5O2. The minimum atomic E-state index is 0.0507. The third kappa shape index (κ3) is 4.75. The van der Waals surface area contributed by atoms with Crippen LogP contribution in [0.3, 0.4) is 0 Å². The van der Waals surface area contributed by atoms with Gasteiger partial charge in [0.25, 0.3) is 0 Å². The number of nitrogens with zero attached hydrogens (tertiary/aromatic N) is 3. The molecule has 0 amide bonds. The number of nitrogens with one attached hydrogen (secondary N) is 2. The van der Waals surface area contributed by atoms with Gasteiger partial charge in [-0.25, -0.2) is 4.98 Å². The molecule has 2 heterocycles. The van der Waals surface area contributed by atoms with E-state index in [9.17, 15) is 4.79 Å². The van der Waals surface area contributed by atoms with Gasteiger partial charge >= 0.3 is 0 Å². The fourth-order valence-corrected chi connectivity index (χ4v) is 4.81. The third-order valence-corrected chi connectivity index (χ3v) is 6.69. The highest BCUT2D eigenvalue weighted by Crippen LogP contribution is 2.28. The number of fused-ring (bicyclic) bond motifs is 2. The summed E-state index contributed by atoms with van der Waals surface area (Å²) in [6.45, 7) is 1.43. The highest BCUT2D eigenvalue weighted by Gasteiger charge is 2.22. The molecule has 0 bridgehead atoms. The highest BCUT2D eigenvalue weighted by molar-refractivity contribution is 5.90. The topological polar surface area (TPSA) is 83.3 Å². The lowest BCUT2D eigenvalue weighted by Crippen LogP contribution is -2.32. The molecule has 0 atom stereocenters. The number of hydrogen-bond donors (Lipinski definition) is 2. The van der Waals surface area contributed by atoms with E-state index < -0.39 is 0 Å². The minimum absolute atomic E-state index is 0.0507. The second kappa shape index (κ2) is 9.81. The first kappa shape index (κ1) is 22.3. The molecule has 0 spiro atoms. The Kier molecular flexibility index (Phi) is 6.45. The molecule has 1 fully saturated rings. The van der Waals surface area contributed by atoms with Crippen molar-refractivity contribution in [2.24, 2.45) is 5.92 Å². The molecule has 7 heteroatoms. The summed E-state index contributed by atoms with van der Waals surface area (Å²) in [6, 6.07) is 15.9. The predicted octanol–water partition coefficient (Wildman–Crippen LogP) is 4.56. The first-order valence-electron chi connectivity index (χ1n) is 12.0. The van der Waals surface area contributed by atoms with Crippen LogP contribution in [0.1, 0.15) is 31.2 Å². The van der Waals surface area contributed by atoms with E-state index in [1.807, 2.05) is 61.5 Å². The molecular weight excluding hydrogens is 426 g/mol. The number of rotatable bonds is 7. The Morgan fingerprint density at radius 1 is 0.971 bits per heavy atom. The SMILES string of the molecule is CN(C)c1nc(N[C@H]2CC[C@@H](CNCc3coc4ccccc4c3=O)CC2)nc2ccccc12. The molecule has 176 valence electrons. The summed E-state index contributed by atoms with van der Waals surface area (Å²) >= 11 is 0. The van der Waals surface area contributed by atoms with Crippen LogP contribution in [0, 0.1) is 5.92 Å². The van der Waals surface area contributed by atoms with Gasteiger partial charge in [-0.15, -0.1) is 0 Å². The summed E-state index contributed by atoms with van der Waals surface area (Å²) in [5.41, 5.74) is 2.32. The quantitative estimate of drug-likeness (QED) is 0.421. The van der Waals surface area contributed by atoms with Crippen molar-refractivity contribution in [3.8, 4) is 0 Å². The zero-order valence-corrected chi connectivity index (χ0v) is 19.8. The third-order valence-electron chi connectivity index (χ3n) is 6.69. The molecule has 7 nitrogen and oxygen atoms in total. The Morgan fingerprint density at radius 2 is 1.71 bits per heavy atom. The summed E-state index contributed by atoms with van der Waals surface area (Å²) in [7, 11) is 4.02. The molecule has 4 aromatic rings. The van der Waals surface area contributed by atoms with E-state index in [0.717, 1.165) is 48.9 Å². The molecule has 1 aliphatic rings. The first-order valence-corrected chi connectivity index (χ1v) is 12.0. The van der Waals surface area contributed by atoms with Crippen molar-refractivity contribution < 1.29 is 4.42 Å². The van der Waals surface area contributed by atoms with E-state index in [1.165, 1.54) is 0 Å². The summed E-state index contributed by atoms with van der Waals surface area (Å²) in [4.78, 5) is 24.2. The van der Waals surface area contributed by atoms with Crippen LogP contribution in [0.4, 0.5) is 11.8 Å². The molecule has 2 aromatic heterocycles. The van der Waals surface area contributed by atoms with Gasteiger partial charge in [0, 0.05) is 37.6 Å². The summed E-state index contributed by atoms with van der Waals surface area (Å²) in [5, 5.41) is 8.75. The summed E-state index contributed by atoms with van der Waals surface area (Å²) < 4.78 is 5.62. The smallest absolute Gasteiger partial charge is 0.225 e. The Morgan fingerprint density at radius 3 is 2.50 bits per heavy atom. The molecule has 5 rings (SSSR count). The number of benzene rings is 2. The van der Waals surface area contributed by atoms with Gasteiger partial charge in [-0.2, -0.15) is 4.98 Å². The van der Waals surface area contributed by atoms with Gasteiger partial charge in [0.1, 0.15) is 11.4 Å². The Bertz CT molecular complexity index is 1340. The monoisotopic (exact) mass is 457 g/mol. The standard InChI is InChI=1S/C27H31N5O2/c1-32(2)26-21-7-3-5-9-23(21)30-27(31-26)29-20-13-11-18(12-14-20)15-28-16-19-17-34-24-10-6-4-8-22(24)25(19)33/h3-10,17-18,20,28H,11-16H2,1-2H3,(H,29,30,31)/t18-,20+. The number of anilines is 2. The fraction of sp³-hybridized carbons (Fsp3) is 0.370. The minimum Gasteiger partial charge on any atom is -0.464 e. The summed E-state index contributed by atoms with van der Waals surface area (Å²) in [6.07, 6.45) is 6.01. The van der Waals surface area contributed by atoms with Crippen molar-refractivity contribution in [3.05, 3.63) is 70.6 Å². The van der Waals surface area contributed by atoms with Gasteiger partial charge in [0.05, 0.1) is 17.2 Å². The molecule has 2 aromatic carbocycles. The van der Waals surface area contributed by atoms with Crippen LogP contribution in [-0.4, -0.2) is 36.6 Å². The molecule has 0 aliphatic heterocycles. The van der Waals surface area contributed by atoms with Gasteiger partial charge < -0.3 is 20.0 Å². The van der Waals surface area contributed by atoms with E-state index in [2.05, 4.69) is 16.7 Å². The Balaban J connectivity index is 1.15. The second-order valence-electron chi connectivity index (χ2n) is 9.36. The van der Waals surface area contributed by atoms with Crippen LogP contribution in [-0.2, 0) is 6.54 Å². The van der Waals surface area contributed by atoms with E-state index in [0.29, 0.717) is 41.0 Å². The van der Waals surface area contributed by atoms with Crippen molar-refractivity contribution in [1.29, 1.82) is 0 Å². The van der Waals surface area contributed by atoms with Crippen LogP contribution < -0.4 is 21.0 Å². The Hall–Kier alpha value is -3.45.